The molecule has 1 N–H and O–H groups in total. The van der Waals surface area contributed by atoms with Gasteiger partial charge >= 0.3 is 5.97 Å². The van der Waals surface area contributed by atoms with Gasteiger partial charge in [-0.1, -0.05) is 0 Å². The zero-order valence-corrected chi connectivity index (χ0v) is 17.0. The molecule has 0 spiro atoms. The highest BCUT2D eigenvalue weighted by molar-refractivity contribution is 6.00. The monoisotopic (exact) mass is 422 g/mol. The molecule has 1 aromatic carbocycles. The molecule has 1 aliphatic heterocycles. The van der Waals surface area contributed by atoms with Crippen molar-refractivity contribution in [2.75, 3.05) is 18.5 Å². The molecule has 0 aliphatic carbocycles. The third-order valence-electron chi connectivity index (χ3n) is 5.02. The Morgan fingerprint density at radius 3 is 2.71 bits per heavy atom. The van der Waals surface area contributed by atoms with Crippen LogP contribution in [0.1, 0.15) is 40.8 Å². The van der Waals surface area contributed by atoms with Gasteiger partial charge in [0.05, 0.1) is 18.6 Å². The van der Waals surface area contributed by atoms with Crippen molar-refractivity contribution >= 4 is 23.5 Å². The number of hydrogen-bond acceptors (Lipinski definition) is 6. The molecule has 1 saturated heterocycles. The average Bonchev–Trinajstić information content (AvgIpc) is 3.55. The van der Waals surface area contributed by atoms with E-state index in [2.05, 4.69) is 10.4 Å². The van der Waals surface area contributed by atoms with Gasteiger partial charge in [0, 0.05) is 18.4 Å². The summed E-state index contributed by atoms with van der Waals surface area (Å²) in [7, 11) is 0. The van der Waals surface area contributed by atoms with Crippen LogP contribution in [0.3, 0.4) is 0 Å². The topological polar surface area (TPSA) is 107 Å². The largest absolute Gasteiger partial charge is 0.461 e. The summed E-state index contributed by atoms with van der Waals surface area (Å²) in [5.41, 5.74) is 1.55. The maximum absolute atomic E-state index is 12.8. The number of likely N-dealkylation sites (tertiary alicyclic amines) is 1. The van der Waals surface area contributed by atoms with Crippen molar-refractivity contribution in [1.82, 2.24) is 14.7 Å². The fraction of sp³-hybridized carbons (Fsp3) is 0.273. The minimum Gasteiger partial charge on any atom is -0.461 e. The van der Waals surface area contributed by atoms with E-state index < -0.39 is 12.0 Å². The molecule has 1 aliphatic rings. The van der Waals surface area contributed by atoms with Crippen LogP contribution in [-0.4, -0.2) is 51.7 Å². The van der Waals surface area contributed by atoms with Gasteiger partial charge in [-0.05, 0) is 62.2 Å². The van der Waals surface area contributed by atoms with Gasteiger partial charge in [-0.15, -0.1) is 0 Å². The fourth-order valence-electron chi connectivity index (χ4n) is 3.53. The summed E-state index contributed by atoms with van der Waals surface area (Å²) in [6, 6.07) is 11.3. The highest BCUT2D eigenvalue weighted by Crippen LogP contribution is 2.22. The molecule has 4 rings (SSSR count). The summed E-state index contributed by atoms with van der Waals surface area (Å²) >= 11 is 0. The number of carbonyl (C=O) groups excluding carboxylic acids is 3. The molecule has 1 fully saturated rings. The highest BCUT2D eigenvalue weighted by Gasteiger charge is 2.35. The summed E-state index contributed by atoms with van der Waals surface area (Å²) in [5, 5.41) is 7.07. The first-order chi connectivity index (χ1) is 15.1. The van der Waals surface area contributed by atoms with Gasteiger partial charge in [0.2, 0.25) is 5.91 Å². The molecule has 3 aromatic rings. The number of anilines is 1. The molecule has 2 amide bonds. The van der Waals surface area contributed by atoms with Crippen molar-refractivity contribution in [2.24, 2.45) is 0 Å². The molecule has 0 bridgehead atoms. The fourth-order valence-corrected chi connectivity index (χ4v) is 3.53. The van der Waals surface area contributed by atoms with Crippen LogP contribution in [0, 0.1) is 0 Å². The molecule has 0 saturated carbocycles. The predicted molar refractivity (Wildman–Crippen MR) is 111 cm³/mol. The SMILES string of the molecule is CCOC(=O)c1ccn(-c2ccc(NC(=O)C3CCCN3C(=O)c3ccco3)cc2)n1. The summed E-state index contributed by atoms with van der Waals surface area (Å²) in [6.07, 6.45) is 4.46. The molecular formula is C22H22N4O5. The van der Waals surface area contributed by atoms with Crippen LogP contribution in [0.15, 0.2) is 59.3 Å². The Balaban J connectivity index is 1.41. The first-order valence-corrected chi connectivity index (χ1v) is 10.1. The summed E-state index contributed by atoms with van der Waals surface area (Å²) in [6.45, 7) is 2.53. The molecule has 31 heavy (non-hydrogen) atoms. The molecule has 9 heteroatoms. The second kappa shape index (κ2) is 8.86. The van der Waals surface area contributed by atoms with E-state index in [4.69, 9.17) is 9.15 Å². The maximum Gasteiger partial charge on any atom is 0.358 e. The average molecular weight is 422 g/mol. The van der Waals surface area contributed by atoms with E-state index in [1.165, 1.54) is 6.26 Å². The van der Waals surface area contributed by atoms with Crippen molar-refractivity contribution in [3.63, 3.8) is 0 Å². The molecule has 3 heterocycles. The van der Waals surface area contributed by atoms with Crippen LogP contribution in [-0.2, 0) is 9.53 Å². The third-order valence-corrected chi connectivity index (χ3v) is 5.02. The number of furan rings is 1. The van der Waals surface area contributed by atoms with E-state index in [0.717, 1.165) is 12.1 Å². The van der Waals surface area contributed by atoms with Crippen molar-refractivity contribution in [3.05, 3.63) is 66.4 Å². The molecule has 1 unspecified atom stereocenters. The maximum atomic E-state index is 12.8. The van der Waals surface area contributed by atoms with E-state index in [0.29, 0.717) is 18.7 Å². The number of benzene rings is 1. The van der Waals surface area contributed by atoms with Crippen molar-refractivity contribution in [2.45, 2.75) is 25.8 Å². The quantitative estimate of drug-likeness (QED) is 0.612. The second-order valence-electron chi connectivity index (χ2n) is 7.04. The first-order valence-electron chi connectivity index (χ1n) is 10.1. The summed E-state index contributed by atoms with van der Waals surface area (Å²) < 4.78 is 11.7. The van der Waals surface area contributed by atoms with Crippen LogP contribution in [0.5, 0.6) is 0 Å². The number of nitrogens with zero attached hydrogens (tertiary/aromatic N) is 3. The molecular weight excluding hydrogens is 400 g/mol. The molecule has 2 aromatic heterocycles. The van der Waals surface area contributed by atoms with Crippen molar-refractivity contribution in [1.29, 1.82) is 0 Å². The number of amides is 2. The number of aromatic nitrogens is 2. The number of rotatable bonds is 6. The zero-order chi connectivity index (χ0) is 21.8. The van der Waals surface area contributed by atoms with Gasteiger partial charge in [-0.2, -0.15) is 5.10 Å². The minimum atomic E-state index is -0.546. The van der Waals surface area contributed by atoms with E-state index in [1.54, 1.807) is 65.2 Å². The number of ether oxygens (including phenoxy) is 1. The Bertz CT molecular complexity index is 1070. The standard InChI is InChI=1S/C22H22N4O5/c1-2-30-22(29)17-11-13-26(24-17)16-9-7-15(8-10-16)23-20(27)18-5-3-12-25(18)21(28)19-6-4-14-31-19/h4,6-11,13-14,18H,2-3,5,12H2,1H3,(H,23,27). The van der Waals surface area contributed by atoms with E-state index in [-0.39, 0.29) is 29.9 Å². The normalized spacial score (nSPS) is 15.6. The van der Waals surface area contributed by atoms with Gasteiger partial charge in [0.15, 0.2) is 11.5 Å². The Kier molecular flexibility index (Phi) is 5.83. The van der Waals surface area contributed by atoms with Gasteiger partial charge < -0.3 is 19.4 Å². The predicted octanol–water partition coefficient (Wildman–Crippen LogP) is 2.89. The molecule has 0 radical (unpaired) electrons. The molecule has 1 atom stereocenters. The Labute approximate surface area is 178 Å². The summed E-state index contributed by atoms with van der Waals surface area (Å²) in [4.78, 5) is 38.7. The van der Waals surface area contributed by atoms with Crippen LogP contribution in [0.25, 0.3) is 5.69 Å². The van der Waals surface area contributed by atoms with Crippen LogP contribution in [0.4, 0.5) is 5.69 Å². The lowest BCUT2D eigenvalue weighted by Crippen LogP contribution is -2.43. The van der Waals surface area contributed by atoms with E-state index in [1.807, 2.05) is 0 Å². The minimum absolute atomic E-state index is 0.224. The van der Waals surface area contributed by atoms with Crippen molar-refractivity contribution < 1.29 is 23.5 Å². The molecule has 9 nitrogen and oxygen atoms in total. The Morgan fingerprint density at radius 1 is 1.19 bits per heavy atom. The lowest BCUT2D eigenvalue weighted by atomic mass is 10.2. The zero-order valence-electron chi connectivity index (χ0n) is 17.0. The van der Waals surface area contributed by atoms with Gasteiger partial charge in [0.1, 0.15) is 6.04 Å². The number of esters is 1. The van der Waals surface area contributed by atoms with E-state index in [9.17, 15) is 14.4 Å². The van der Waals surface area contributed by atoms with Crippen LogP contribution >= 0.6 is 0 Å². The van der Waals surface area contributed by atoms with Crippen LogP contribution < -0.4 is 5.32 Å². The Morgan fingerprint density at radius 2 is 2.00 bits per heavy atom. The third kappa shape index (κ3) is 4.35. The smallest absolute Gasteiger partial charge is 0.358 e. The second-order valence-corrected chi connectivity index (χ2v) is 7.04. The number of nitrogens with one attached hydrogen (secondary N) is 1. The number of carbonyl (C=O) groups is 3. The van der Waals surface area contributed by atoms with Crippen molar-refractivity contribution in [3.8, 4) is 5.69 Å². The van der Waals surface area contributed by atoms with E-state index >= 15 is 0 Å². The first kappa shape index (κ1) is 20.4. The highest BCUT2D eigenvalue weighted by atomic mass is 16.5. The number of hydrogen-bond donors (Lipinski definition) is 1. The lowest BCUT2D eigenvalue weighted by molar-refractivity contribution is -0.119. The van der Waals surface area contributed by atoms with Gasteiger partial charge in [-0.3, -0.25) is 9.59 Å². The summed E-state index contributed by atoms with van der Waals surface area (Å²) in [5.74, 6) is -0.774. The Hall–Kier alpha value is -3.88. The molecule has 160 valence electrons. The lowest BCUT2D eigenvalue weighted by Gasteiger charge is -2.23. The van der Waals surface area contributed by atoms with Gasteiger partial charge in [0.25, 0.3) is 5.91 Å². The van der Waals surface area contributed by atoms with Crippen LogP contribution in [0.2, 0.25) is 0 Å². The van der Waals surface area contributed by atoms with Gasteiger partial charge in [-0.25, -0.2) is 9.48 Å².